The zero-order valence-corrected chi connectivity index (χ0v) is 9.62. The van der Waals surface area contributed by atoms with Crippen LogP contribution in [0.4, 0.5) is 0 Å². The number of ether oxygens (including phenoxy) is 1. The molecule has 2 unspecified atom stereocenters. The van der Waals surface area contributed by atoms with Crippen LogP contribution in [0.15, 0.2) is 24.5 Å². The van der Waals surface area contributed by atoms with Gasteiger partial charge in [-0.2, -0.15) is 5.26 Å². The van der Waals surface area contributed by atoms with Crippen LogP contribution in [0.1, 0.15) is 11.6 Å². The summed E-state index contributed by atoms with van der Waals surface area (Å²) in [4.78, 5) is 6.20. The molecular weight excluding hydrogens is 216 g/mol. The zero-order chi connectivity index (χ0) is 12.1. The molecule has 2 rings (SSSR count). The predicted molar refractivity (Wildman–Crippen MR) is 63.0 cm³/mol. The summed E-state index contributed by atoms with van der Waals surface area (Å²) < 4.78 is 5.33. The normalized spacial score (nSPS) is 22.9. The van der Waals surface area contributed by atoms with Gasteiger partial charge in [-0.05, 0) is 17.7 Å². The number of morpholine rings is 1. The van der Waals surface area contributed by atoms with E-state index in [1.54, 1.807) is 12.4 Å². The largest absolute Gasteiger partial charge is 0.361 e. The van der Waals surface area contributed by atoms with Crippen LogP contribution in [-0.2, 0) is 4.74 Å². The van der Waals surface area contributed by atoms with Crippen LogP contribution >= 0.6 is 0 Å². The molecule has 1 aromatic rings. The van der Waals surface area contributed by atoms with Gasteiger partial charge in [0.25, 0.3) is 0 Å². The van der Waals surface area contributed by atoms with E-state index in [-0.39, 0.29) is 12.1 Å². The van der Waals surface area contributed by atoms with Crippen LogP contribution in [0.5, 0.6) is 0 Å². The second-order valence-corrected chi connectivity index (χ2v) is 4.02. The molecule has 0 spiro atoms. The molecule has 2 heterocycles. The highest BCUT2D eigenvalue weighted by molar-refractivity contribution is 5.16. The Morgan fingerprint density at radius 2 is 2.35 bits per heavy atom. The molecule has 0 amide bonds. The molecule has 5 nitrogen and oxygen atoms in total. The van der Waals surface area contributed by atoms with Crippen molar-refractivity contribution in [2.24, 2.45) is 5.73 Å². The van der Waals surface area contributed by atoms with Gasteiger partial charge in [-0.15, -0.1) is 0 Å². The van der Waals surface area contributed by atoms with E-state index >= 15 is 0 Å². The SMILES string of the molecule is N#CC1CN(C(CN)c2ccncc2)CCO1. The molecule has 1 aromatic heterocycles. The van der Waals surface area contributed by atoms with Crippen LogP contribution in [0.2, 0.25) is 0 Å². The number of nitriles is 1. The number of pyridine rings is 1. The minimum Gasteiger partial charge on any atom is -0.361 e. The molecule has 1 aliphatic rings. The first-order valence-corrected chi connectivity index (χ1v) is 5.70. The van der Waals surface area contributed by atoms with Crippen LogP contribution in [-0.4, -0.2) is 42.2 Å². The maximum Gasteiger partial charge on any atom is 0.156 e. The molecule has 5 heteroatoms. The molecule has 17 heavy (non-hydrogen) atoms. The molecule has 2 atom stereocenters. The molecule has 1 saturated heterocycles. The maximum atomic E-state index is 8.89. The van der Waals surface area contributed by atoms with Crippen molar-refractivity contribution in [2.75, 3.05) is 26.2 Å². The average Bonchev–Trinajstić information content (AvgIpc) is 2.41. The van der Waals surface area contributed by atoms with E-state index in [1.165, 1.54) is 0 Å². The summed E-state index contributed by atoms with van der Waals surface area (Å²) in [6, 6.07) is 6.22. The maximum absolute atomic E-state index is 8.89. The Kier molecular flexibility index (Phi) is 4.04. The first-order chi connectivity index (χ1) is 8.35. The van der Waals surface area contributed by atoms with Crippen molar-refractivity contribution < 1.29 is 4.74 Å². The number of hydrogen-bond acceptors (Lipinski definition) is 5. The quantitative estimate of drug-likeness (QED) is 0.811. The van der Waals surface area contributed by atoms with Gasteiger partial charge in [0.05, 0.1) is 12.7 Å². The highest BCUT2D eigenvalue weighted by Gasteiger charge is 2.26. The van der Waals surface area contributed by atoms with Gasteiger partial charge < -0.3 is 10.5 Å². The summed E-state index contributed by atoms with van der Waals surface area (Å²) in [6.45, 7) is 2.53. The Hall–Kier alpha value is -1.48. The van der Waals surface area contributed by atoms with Crippen molar-refractivity contribution in [1.82, 2.24) is 9.88 Å². The van der Waals surface area contributed by atoms with E-state index < -0.39 is 0 Å². The summed E-state index contributed by atoms with van der Waals surface area (Å²) in [5.41, 5.74) is 6.98. The fraction of sp³-hybridized carbons (Fsp3) is 0.500. The molecule has 0 aliphatic carbocycles. The van der Waals surface area contributed by atoms with Crippen molar-refractivity contribution in [3.8, 4) is 6.07 Å². The van der Waals surface area contributed by atoms with Crippen molar-refractivity contribution in [3.63, 3.8) is 0 Å². The van der Waals surface area contributed by atoms with Gasteiger partial charge >= 0.3 is 0 Å². The van der Waals surface area contributed by atoms with E-state index in [1.807, 2.05) is 12.1 Å². The van der Waals surface area contributed by atoms with Gasteiger partial charge in [0, 0.05) is 38.1 Å². The summed E-state index contributed by atoms with van der Waals surface area (Å²) >= 11 is 0. The summed E-state index contributed by atoms with van der Waals surface area (Å²) in [5.74, 6) is 0. The summed E-state index contributed by atoms with van der Waals surface area (Å²) in [7, 11) is 0. The second kappa shape index (κ2) is 5.73. The van der Waals surface area contributed by atoms with E-state index in [0.29, 0.717) is 19.7 Å². The van der Waals surface area contributed by atoms with Gasteiger partial charge in [-0.25, -0.2) is 0 Å². The third kappa shape index (κ3) is 2.80. The van der Waals surface area contributed by atoms with Crippen molar-refractivity contribution in [3.05, 3.63) is 30.1 Å². The van der Waals surface area contributed by atoms with Gasteiger partial charge in [0.15, 0.2) is 6.10 Å². The minimum absolute atomic E-state index is 0.137. The molecule has 90 valence electrons. The predicted octanol–water partition coefficient (Wildman–Crippen LogP) is 0.306. The van der Waals surface area contributed by atoms with Crippen LogP contribution in [0.25, 0.3) is 0 Å². The van der Waals surface area contributed by atoms with Crippen molar-refractivity contribution >= 4 is 0 Å². The van der Waals surface area contributed by atoms with E-state index in [2.05, 4.69) is 16.0 Å². The fourth-order valence-corrected chi connectivity index (χ4v) is 2.11. The molecule has 0 saturated carbocycles. The van der Waals surface area contributed by atoms with Crippen molar-refractivity contribution in [2.45, 2.75) is 12.1 Å². The monoisotopic (exact) mass is 232 g/mol. The third-order valence-corrected chi connectivity index (χ3v) is 3.00. The molecule has 1 aliphatic heterocycles. The van der Waals surface area contributed by atoms with E-state index in [0.717, 1.165) is 12.1 Å². The van der Waals surface area contributed by atoms with Gasteiger partial charge in [-0.3, -0.25) is 9.88 Å². The third-order valence-electron chi connectivity index (χ3n) is 3.00. The summed E-state index contributed by atoms with van der Waals surface area (Å²) in [6.07, 6.45) is 3.18. The molecule has 0 bridgehead atoms. The van der Waals surface area contributed by atoms with Crippen LogP contribution in [0.3, 0.4) is 0 Å². The summed E-state index contributed by atoms with van der Waals surface area (Å²) in [5, 5.41) is 8.89. The average molecular weight is 232 g/mol. The molecule has 0 radical (unpaired) electrons. The van der Waals surface area contributed by atoms with Crippen LogP contribution in [0, 0.1) is 11.3 Å². The zero-order valence-electron chi connectivity index (χ0n) is 9.62. The lowest BCUT2D eigenvalue weighted by Gasteiger charge is -2.35. The Morgan fingerprint density at radius 1 is 1.59 bits per heavy atom. The second-order valence-electron chi connectivity index (χ2n) is 4.02. The van der Waals surface area contributed by atoms with Crippen LogP contribution < -0.4 is 5.73 Å². The molecular formula is C12H16N4O. The lowest BCUT2D eigenvalue weighted by Crippen LogP contribution is -2.45. The fourth-order valence-electron chi connectivity index (χ4n) is 2.11. The van der Waals surface area contributed by atoms with Gasteiger partial charge in [0.2, 0.25) is 0 Å². The lowest BCUT2D eigenvalue weighted by molar-refractivity contribution is -0.0161. The van der Waals surface area contributed by atoms with Gasteiger partial charge in [-0.1, -0.05) is 0 Å². The lowest BCUT2D eigenvalue weighted by atomic mass is 10.1. The number of aromatic nitrogens is 1. The Morgan fingerprint density at radius 3 is 3.00 bits per heavy atom. The van der Waals surface area contributed by atoms with Gasteiger partial charge in [0.1, 0.15) is 0 Å². The number of nitrogens with zero attached hydrogens (tertiary/aromatic N) is 3. The number of rotatable bonds is 3. The highest BCUT2D eigenvalue weighted by atomic mass is 16.5. The van der Waals surface area contributed by atoms with Crippen molar-refractivity contribution in [1.29, 1.82) is 5.26 Å². The first kappa shape index (κ1) is 12.0. The molecule has 0 aromatic carbocycles. The smallest absolute Gasteiger partial charge is 0.156 e. The highest BCUT2D eigenvalue weighted by Crippen LogP contribution is 2.21. The number of nitrogens with two attached hydrogens (primary N) is 1. The standard InChI is InChI=1S/C12H16N4O/c13-7-11-9-16(5-6-17-11)12(8-14)10-1-3-15-4-2-10/h1-4,11-12H,5-6,8-9,14H2. The number of hydrogen-bond donors (Lipinski definition) is 1. The van der Waals surface area contributed by atoms with E-state index in [9.17, 15) is 0 Å². The first-order valence-electron chi connectivity index (χ1n) is 5.70. The Bertz CT molecular complexity index is 389. The molecule has 2 N–H and O–H groups in total. The van der Waals surface area contributed by atoms with E-state index in [4.69, 9.17) is 15.7 Å². The minimum atomic E-state index is -0.348. The Balaban J connectivity index is 2.11. The molecule has 1 fully saturated rings. The Labute approximate surface area is 101 Å². The topological polar surface area (TPSA) is 75.2 Å².